The number of halogens is 2. The Morgan fingerprint density at radius 2 is 2.00 bits per heavy atom. The molecule has 0 aliphatic heterocycles. The van der Waals surface area contributed by atoms with Gasteiger partial charge in [-0.2, -0.15) is 0 Å². The molecule has 1 saturated carbocycles. The molecule has 1 aliphatic rings. The first-order chi connectivity index (χ1) is 11.7. The summed E-state index contributed by atoms with van der Waals surface area (Å²) in [6.45, 7) is 3.33. The normalized spacial score (nSPS) is 13.8. The van der Waals surface area contributed by atoms with Gasteiger partial charge in [0.25, 0.3) is 0 Å². The highest BCUT2D eigenvalue weighted by Crippen LogP contribution is 2.31. The summed E-state index contributed by atoms with van der Waals surface area (Å²) in [4.78, 5) is 0. The molecule has 1 aliphatic carbocycles. The van der Waals surface area contributed by atoms with Crippen molar-refractivity contribution in [3.05, 3.63) is 58.4 Å². The van der Waals surface area contributed by atoms with Crippen LogP contribution in [0.4, 0.5) is 4.39 Å². The summed E-state index contributed by atoms with van der Waals surface area (Å²) in [5.41, 5.74) is 1.49. The van der Waals surface area contributed by atoms with Crippen molar-refractivity contribution in [1.29, 1.82) is 0 Å². The smallest absolute Gasteiger partial charge is 0.161 e. The molecule has 0 radical (unpaired) electrons. The molecule has 0 aromatic heterocycles. The predicted octanol–water partition coefficient (Wildman–Crippen LogP) is 4.71. The van der Waals surface area contributed by atoms with Gasteiger partial charge in [-0.15, -0.1) is 0 Å². The Morgan fingerprint density at radius 1 is 1.17 bits per heavy atom. The van der Waals surface area contributed by atoms with E-state index in [1.165, 1.54) is 18.9 Å². The fourth-order valence-electron chi connectivity index (χ4n) is 2.42. The van der Waals surface area contributed by atoms with Gasteiger partial charge in [-0.1, -0.05) is 23.7 Å². The van der Waals surface area contributed by atoms with Gasteiger partial charge < -0.3 is 14.8 Å². The molecule has 0 saturated heterocycles. The monoisotopic (exact) mass is 349 g/mol. The first-order valence-corrected chi connectivity index (χ1v) is 8.60. The molecule has 128 valence electrons. The van der Waals surface area contributed by atoms with E-state index in [-0.39, 0.29) is 12.4 Å². The fourth-order valence-corrected chi connectivity index (χ4v) is 2.64. The number of nitrogens with one attached hydrogen (secondary N) is 1. The van der Waals surface area contributed by atoms with E-state index >= 15 is 0 Å². The first-order valence-electron chi connectivity index (χ1n) is 8.22. The molecule has 0 unspecified atom stereocenters. The zero-order chi connectivity index (χ0) is 16.9. The summed E-state index contributed by atoms with van der Waals surface area (Å²) in [5, 5.41) is 3.83. The number of hydrogen-bond donors (Lipinski definition) is 1. The number of hydrogen-bond acceptors (Lipinski definition) is 3. The second-order valence-corrected chi connectivity index (χ2v) is 6.27. The van der Waals surface area contributed by atoms with Gasteiger partial charge in [-0.25, -0.2) is 4.39 Å². The minimum absolute atomic E-state index is 0.0608. The van der Waals surface area contributed by atoms with Crippen LogP contribution >= 0.6 is 11.6 Å². The molecule has 2 aromatic carbocycles. The second kappa shape index (κ2) is 7.86. The Bertz CT molecular complexity index is 684. The minimum atomic E-state index is -0.370. The van der Waals surface area contributed by atoms with Crippen LogP contribution in [0, 0.1) is 5.82 Å². The molecule has 0 spiro atoms. The van der Waals surface area contributed by atoms with E-state index in [4.69, 9.17) is 21.1 Å². The van der Waals surface area contributed by atoms with Crippen LogP contribution in [0.2, 0.25) is 5.02 Å². The maximum atomic E-state index is 13.8. The molecular weight excluding hydrogens is 329 g/mol. The van der Waals surface area contributed by atoms with Gasteiger partial charge in [0.2, 0.25) is 0 Å². The highest BCUT2D eigenvalue weighted by Gasteiger charge is 2.20. The third-order valence-corrected chi connectivity index (χ3v) is 4.27. The molecule has 2 aromatic rings. The predicted molar refractivity (Wildman–Crippen MR) is 93.2 cm³/mol. The van der Waals surface area contributed by atoms with Crippen molar-refractivity contribution in [3.8, 4) is 11.5 Å². The molecule has 0 bridgehead atoms. The molecule has 0 heterocycles. The summed E-state index contributed by atoms with van der Waals surface area (Å²) in [7, 11) is 0. The summed E-state index contributed by atoms with van der Waals surface area (Å²) in [5.74, 6) is 0.886. The molecule has 1 fully saturated rings. The molecular formula is C19H21ClFNO2. The largest absolute Gasteiger partial charge is 0.490 e. The maximum Gasteiger partial charge on any atom is 0.161 e. The van der Waals surface area contributed by atoms with E-state index in [9.17, 15) is 4.39 Å². The number of rotatable bonds is 8. The van der Waals surface area contributed by atoms with Gasteiger partial charge in [0, 0.05) is 18.2 Å². The lowest BCUT2D eigenvalue weighted by molar-refractivity contribution is 0.265. The average Bonchev–Trinajstić information content (AvgIpc) is 3.38. The lowest BCUT2D eigenvalue weighted by Gasteiger charge is -2.14. The highest BCUT2D eigenvalue weighted by atomic mass is 35.5. The van der Waals surface area contributed by atoms with Crippen LogP contribution in [0.1, 0.15) is 30.9 Å². The summed E-state index contributed by atoms with van der Waals surface area (Å²) < 4.78 is 25.3. The lowest BCUT2D eigenvalue weighted by atomic mass is 10.2. The van der Waals surface area contributed by atoms with Gasteiger partial charge >= 0.3 is 0 Å². The highest BCUT2D eigenvalue weighted by molar-refractivity contribution is 6.31. The van der Waals surface area contributed by atoms with Crippen molar-refractivity contribution in [2.75, 3.05) is 6.61 Å². The van der Waals surface area contributed by atoms with Crippen LogP contribution in [0.25, 0.3) is 0 Å². The van der Waals surface area contributed by atoms with Crippen molar-refractivity contribution in [2.45, 2.75) is 39.0 Å². The molecule has 1 N–H and O–H groups in total. The number of ether oxygens (including phenoxy) is 2. The van der Waals surface area contributed by atoms with Gasteiger partial charge in [0.1, 0.15) is 12.4 Å². The SMILES string of the molecule is CCOc1cc(CNC2CC2)ccc1OCc1c(F)cccc1Cl. The molecule has 3 rings (SSSR count). The quantitative estimate of drug-likeness (QED) is 0.748. The van der Waals surface area contributed by atoms with Crippen LogP contribution in [0.5, 0.6) is 11.5 Å². The van der Waals surface area contributed by atoms with E-state index in [1.807, 2.05) is 25.1 Å². The Kier molecular flexibility index (Phi) is 5.59. The van der Waals surface area contributed by atoms with Crippen molar-refractivity contribution < 1.29 is 13.9 Å². The molecule has 24 heavy (non-hydrogen) atoms. The lowest BCUT2D eigenvalue weighted by Crippen LogP contribution is -2.15. The van der Waals surface area contributed by atoms with Crippen molar-refractivity contribution in [2.24, 2.45) is 0 Å². The van der Waals surface area contributed by atoms with Crippen molar-refractivity contribution >= 4 is 11.6 Å². The van der Waals surface area contributed by atoms with E-state index in [0.717, 1.165) is 12.1 Å². The second-order valence-electron chi connectivity index (χ2n) is 5.86. The molecule has 0 amide bonds. The Balaban J connectivity index is 1.71. The Labute approximate surface area is 146 Å². The van der Waals surface area contributed by atoms with Gasteiger partial charge in [0.05, 0.1) is 11.6 Å². The van der Waals surface area contributed by atoms with Crippen LogP contribution in [0.3, 0.4) is 0 Å². The van der Waals surface area contributed by atoms with Crippen molar-refractivity contribution in [1.82, 2.24) is 5.32 Å². The average molecular weight is 350 g/mol. The van der Waals surface area contributed by atoms with Crippen LogP contribution in [0.15, 0.2) is 36.4 Å². The van der Waals surface area contributed by atoms with Crippen LogP contribution in [-0.2, 0) is 13.2 Å². The molecule has 5 heteroatoms. The minimum Gasteiger partial charge on any atom is -0.490 e. The Hall–Kier alpha value is -1.78. The third-order valence-electron chi connectivity index (χ3n) is 3.91. The first kappa shape index (κ1) is 17.1. The van der Waals surface area contributed by atoms with Gasteiger partial charge in [-0.05, 0) is 49.6 Å². The Morgan fingerprint density at radius 3 is 2.71 bits per heavy atom. The summed E-state index contributed by atoms with van der Waals surface area (Å²) >= 11 is 6.04. The van der Waals surface area contributed by atoms with Crippen LogP contribution in [-0.4, -0.2) is 12.6 Å². The topological polar surface area (TPSA) is 30.5 Å². The zero-order valence-corrected chi connectivity index (χ0v) is 14.4. The zero-order valence-electron chi connectivity index (χ0n) is 13.6. The summed E-state index contributed by atoms with van der Waals surface area (Å²) in [6.07, 6.45) is 2.51. The van der Waals surface area contributed by atoms with Crippen molar-refractivity contribution in [3.63, 3.8) is 0 Å². The maximum absolute atomic E-state index is 13.8. The summed E-state index contributed by atoms with van der Waals surface area (Å²) in [6, 6.07) is 11.1. The third kappa shape index (κ3) is 4.40. The van der Waals surface area contributed by atoms with E-state index in [0.29, 0.717) is 34.7 Å². The fraction of sp³-hybridized carbons (Fsp3) is 0.368. The van der Waals surface area contributed by atoms with E-state index < -0.39 is 0 Å². The molecule has 0 atom stereocenters. The van der Waals surface area contributed by atoms with Crippen LogP contribution < -0.4 is 14.8 Å². The number of benzene rings is 2. The van der Waals surface area contributed by atoms with Gasteiger partial charge in [-0.3, -0.25) is 0 Å². The van der Waals surface area contributed by atoms with Gasteiger partial charge in [0.15, 0.2) is 11.5 Å². The van der Waals surface area contributed by atoms with E-state index in [2.05, 4.69) is 5.32 Å². The standard InChI is InChI=1S/C19H21ClFNO2/c1-2-23-19-10-13(11-22-14-7-8-14)6-9-18(19)24-12-15-16(20)4-3-5-17(15)21/h3-6,9-10,14,22H,2,7-8,11-12H2,1H3. The van der Waals surface area contributed by atoms with E-state index in [1.54, 1.807) is 12.1 Å². The molecule has 3 nitrogen and oxygen atoms in total.